The second-order valence-corrected chi connectivity index (χ2v) is 9.52. The number of nitro benzene ring substituents is 1. The molecule has 9 heteroatoms. The van der Waals surface area contributed by atoms with Crippen molar-refractivity contribution in [2.75, 3.05) is 16.8 Å². The Hall–Kier alpha value is -3.49. The molecule has 0 bridgehead atoms. The van der Waals surface area contributed by atoms with Gasteiger partial charge in [0, 0.05) is 29.9 Å². The van der Waals surface area contributed by atoms with E-state index in [4.69, 9.17) is 4.74 Å². The zero-order valence-corrected chi connectivity index (χ0v) is 19.9. The maximum Gasteiger partial charge on any atom is 0.310 e. The maximum absolute atomic E-state index is 13.8. The number of carbonyl (C=O) groups is 2. The summed E-state index contributed by atoms with van der Waals surface area (Å²) in [6.07, 6.45) is 2.74. The number of piperidine rings is 1. The zero-order valence-electron chi connectivity index (χ0n) is 19.9. The average Bonchev–Trinajstić information content (AvgIpc) is 2.74. The van der Waals surface area contributed by atoms with E-state index in [1.165, 1.54) is 18.2 Å². The highest BCUT2D eigenvalue weighted by atomic mass is 19.1. The van der Waals surface area contributed by atoms with E-state index in [1.807, 2.05) is 11.8 Å². The number of nitrogens with one attached hydrogen (secondary N) is 1. The van der Waals surface area contributed by atoms with Gasteiger partial charge in [0.1, 0.15) is 17.1 Å². The van der Waals surface area contributed by atoms with Gasteiger partial charge in [-0.25, -0.2) is 4.39 Å². The SMILES string of the molecule is CC1CCCCN1c1ccc(C(=O)Nc2ccc(F)cc2CC(=O)OC(C)(C)C)cc1[N+](=O)[O-]. The van der Waals surface area contributed by atoms with Gasteiger partial charge in [-0.1, -0.05) is 0 Å². The largest absolute Gasteiger partial charge is 0.460 e. The topological polar surface area (TPSA) is 102 Å². The fourth-order valence-corrected chi connectivity index (χ4v) is 4.07. The molecule has 1 fully saturated rings. The minimum atomic E-state index is -0.708. The van der Waals surface area contributed by atoms with Crippen molar-refractivity contribution in [2.45, 2.75) is 65.0 Å². The Balaban J connectivity index is 1.85. The number of amides is 1. The summed E-state index contributed by atoms with van der Waals surface area (Å²) in [5.41, 5.74) is 0.202. The van der Waals surface area contributed by atoms with Crippen LogP contribution in [0.15, 0.2) is 36.4 Å². The van der Waals surface area contributed by atoms with Crippen molar-refractivity contribution in [1.29, 1.82) is 0 Å². The molecular formula is C25H30FN3O5. The number of hydrogen-bond donors (Lipinski definition) is 1. The number of anilines is 2. The average molecular weight is 472 g/mol. The van der Waals surface area contributed by atoms with Crippen molar-refractivity contribution in [3.8, 4) is 0 Å². The van der Waals surface area contributed by atoms with E-state index < -0.39 is 28.2 Å². The quantitative estimate of drug-likeness (QED) is 0.351. The summed E-state index contributed by atoms with van der Waals surface area (Å²) in [6.45, 7) is 7.92. The highest BCUT2D eigenvalue weighted by molar-refractivity contribution is 6.05. The molecule has 0 aromatic heterocycles. The van der Waals surface area contributed by atoms with Crippen LogP contribution in [0.5, 0.6) is 0 Å². The summed E-state index contributed by atoms with van der Waals surface area (Å²) in [5.74, 6) is -1.73. The molecule has 3 rings (SSSR count). The number of rotatable bonds is 6. The second kappa shape index (κ2) is 10.2. The Labute approximate surface area is 198 Å². The number of ether oxygens (including phenoxy) is 1. The Bertz CT molecular complexity index is 1100. The molecule has 182 valence electrons. The predicted octanol–water partition coefficient (Wildman–Crippen LogP) is 5.25. The molecule has 1 unspecified atom stereocenters. The third kappa shape index (κ3) is 6.30. The van der Waals surface area contributed by atoms with Gasteiger partial charge in [0.2, 0.25) is 0 Å². The van der Waals surface area contributed by atoms with E-state index in [-0.39, 0.29) is 35.0 Å². The fourth-order valence-electron chi connectivity index (χ4n) is 4.07. The Morgan fingerprint density at radius 1 is 1.21 bits per heavy atom. The summed E-state index contributed by atoms with van der Waals surface area (Å²) in [5, 5.41) is 14.4. The van der Waals surface area contributed by atoms with Gasteiger partial charge in [-0.05, 0) is 82.9 Å². The second-order valence-electron chi connectivity index (χ2n) is 9.52. The Morgan fingerprint density at radius 2 is 1.94 bits per heavy atom. The molecule has 1 saturated heterocycles. The van der Waals surface area contributed by atoms with Gasteiger partial charge in [0.25, 0.3) is 11.6 Å². The first kappa shape index (κ1) is 25.1. The number of nitrogens with zero attached hydrogens (tertiary/aromatic N) is 2. The van der Waals surface area contributed by atoms with E-state index in [2.05, 4.69) is 5.32 Å². The summed E-state index contributed by atoms with van der Waals surface area (Å²) in [4.78, 5) is 38.5. The highest BCUT2D eigenvalue weighted by Crippen LogP contribution is 2.34. The first-order valence-corrected chi connectivity index (χ1v) is 11.3. The minimum Gasteiger partial charge on any atom is -0.460 e. The maximum atomic E-state index is 13.8. The summed E-state index contributed by atoms with van der Waals surface area (Å²) in [7, 11) is 0. The molecule has 0 saturated carbocycles. The number of halogens is 1. The molecule has 0 radical (unpaired) electrons. The number of benzene rings is 2. The van der Waals surface area contributed by atoms with E-state index in [0.717, 1.165) is 37.9 Å². The lowest BCUT2D eigenvalue weighted by molar-refractivity contribution is -0.384. The van der Waals surface area contributed by atoms with Crippen molar-refractivity contribution >= 4 is 28.9 Å². The van der Waals surface area contributed by atoms with E-state index in [9.17, 15) is 24.1 Å². The van der Waals surface area contributed by atoms with Crippen LogP contribution < -0.4 is 10.2 Å². The predicted molar refractivity (Wildman–Crippen MR) is 128 cm³/mol. The van der Waals surface area contributed by atoms with E-state index in [1.54, 1.807) is 26.8 Å². The van der Waals surface area contributed by atoms with E-state index >= 15 is 0 Å². The molecular weight excluding hydrogens is 441 g/mol. The lowest BCUT2D eigenvalue weighted by Crippen LogP contribution is -2.37. The van der Waals surface area contributed by atoms with E-state index in [0.29, 0.717) is 5.69 Å². The van der Waals surface area contributed by atoms with Crippen molar-refractivity contribution < 1.29 is 23.6 Å². The molecule has 34 heavy (non-hydrogen) atoms. The minimum absolute atomic E-state index is 0.0904. The van der Waals surface area contributed by atoms with Crippen LogP contribution in [0.3, 0.4) is 0 Å². The molecule has 2 aromatic carbocycles. The Kier molecular flexibility index (Phi) is 7.54. The fraction of sp³-hybridized carbons (Fsp3) is 0.440. The van der Waals surface area contributed by atoms with Crippen LogP contribution in [-0.4, -0.2) is 35.0 Å². The third-order valence-electron chi connectivity index (χ3n) is 5.62. The van der Waals surface area contributed by atoms with Crippen LogP contribution >= 0.6 is 0 Å². The van der Waals surface area contributed by atoms with Gasteiger partial charge in [0.05, 0.1) is 11.3 Å². The lowest BCUT2D eigenvalue weighted by Gasteiger charge is -2.35. The first-order chi connectivity index (χ1) is 15.9. The van der Waals surface area contributed by atoms with Gasteiger partial charge in [-0.15, -0.1) is 0 Å². The van der Waals surface area contributed by atoms with Crippen LogP contribution in [0.1, 0.15) is 62.9 Å². The Morgan fingerprint density at radius 3 is 2.59 bits per heavy atom. The monoisotopic (exact) mass is 471 g/mol. The molecule has 2 aromatic rings. The van der Waals surface area contributed by atoms with Crippen LogP contribution in [-0.2, 0) is 16.0 Å². The summed E-state index contributed by atoms with van der Waals surface area (Å²) < 4.78 is 19.1. The third-order valence-corrected chi connectivity index (χ3v) is 5.62. The van der Waals surface area contributed by atoms with Crippen LogP contribution in [0.4, 0.5) is 21.5 Å². The van der Waals surface area contributed by atoms with Crippen molar-refractivity contribution in [1.82, 2.24) is 0 Å². The van der Waals surface area contributed by atoms with Crippen LogP contribution in [0.2, 0.25) is 0 Å². The summed E-state index contributed by atoms with van der Waals surface area (Å²) >= 11 is 0. The molecule has 1 aliphatic rings. The number of esters is 1. The number of carbonyl (C=O) groups excluding carboxylic acids is 2. The van der Waals surface area contributed by atoms with Crippen molar-refractivity contribution in [3.63, 3.8) is 0 Å². The van der Waals surface area contributed by atoms with Gasteiger partial charge >= 0.3 is 5.97 Å². The molecule has 1 amide bonds. The molecule has 1 atom stereocenters. The van der Waals surface area contributed by atoms with Gasteiger partial charge in [-0.2, -0.15) is 0 Å². The zero-order chi connectivity index (χ0) is 25.0. The smallest absolute Gasteiger partial charge is 0.310 e. The highest BCUT2D eigenvalue weighted by Gasteiger charge is 2.27. The van der Waals surface area contributed by atoms with Crippen molar-refractivity contribution in [3.05, 3.63) is 63.5 Å². The molecule has 8 nitrogen and oxygen atoms in total. The normalized spacial score (nSPS) is 16.1. The number of nitro groups is 1. The molecule has 0 aliphatic carbocycles. The van der Waals surface area contributed by atoms with Gasteiger partial charge < -0.3 is 15.0 Å². The molecule has 1 heterocycles. The van der Waals surface area contributed by atoms with Crippen molar-refractivity contribution in [2.24, 2.45) is 0 Å². The first-order valence-electron chi connectivity index (χ1n) is 11.3. The van der Waals surface area contributed by atoms with Gasteiger partial charge in [-0.3, -0.25) is 19.7 Å². The molecule has 1 aliphatic heterocycles. The number of hydrogen-bond acceptors (Lipinski definition) is 6. The molecule has 1 N–H and O–H groups in total. The standard InChI is InChI=1S/C25H30FN3O5/c1-16-7-5-6-12-28(16)21-11-8-17(14-22(21)29(32)33)24(31)27-20-10-9-19(26)13-18(20)15-23(30)34-25(2,3)4/h8-11,13-14,16H,5-7,12,15H2,1-4H3,(H,27,31). The van der Waals surface area contributed by atoms with Crippen LogP contribution in [0, 0.1) is 15.9 Å². The van der Waals surface area contributed by atoms with Crippen LogP contribution in [0.25, 0.3) is 0 Å². The lowest BCUT2D eigenvalue weighted by atomic mass is 10.0. The molecule has 0 spiro atoms. The summed E-state index contributed by atoms with van der Waals surface area (Å²) in [6, 6.07) is 8.23. The van der Waals surface area contributed by atoms with Gasteiger partial charge in [0.15, 0.2) is 0 Å².